The third kappa shape index (κ3) is 5.51. The summed E-state index contributed by atoms with van der Waals surface area (Å²) in [5.74, 6) is -4.27. The zero-order valence-corrected chi connectivity index (χ0v) is 12.1. The molecule has 0 heterocycles. The van der Waals surface area contributed by atoms with Gasteiger partial charge in [-0.25, -0.2) is 8.78 Å². The number of aliphatic hydroxyl groups is 1. The van der Waals surface area contributed by atoms with E-state index in [4.69, 9.17) is 0 Å². The molecule has 1 aromatic rings. The summed E-state index contributed by atoms with van der Waals surface area (Å²) in [6.07, 6.45) is -0.441. The smallest absolute Gasteiger partial charge is 0.387 e. The molecule has 0 fully saturated rings. The van der Waals surface area contributed by atoms with Gasteiger partial charge in [0.25, 0.3) is 5.91 Å². The standard InChI is InChI=1S/C14H17F4NO3/c1-7(2)3-8(20)6-19-13(21)12-10(15)4-9(5-11(12)16)22-14(17)18/h4-5,7-8,14,20H,3,6H2,1-2H3,(H,19,21). The van der Waals surface area contributed by atoms with Crippen molar-refractivity contribution in [3.63, 3.8) is 0 Å². The predicted molar refractivity (Wildman–Crippen MR) is 70.8 cm³/mol. The van der Waals surface area contributed by atoms with Gasteiger partial charge in [-0.15, -0.1) is 0 Å². The third-order valence-electron chi connectivity index (χ3n) is 2.71. The van der Waals surface area contributed by atoms with E-state index in [2.05, 4.69) is 10.1 Å². The van der Waals surface area contributed by atoms with Gasteiger partial charge in [-0.3, -0.25) is 4.79 Å². The van der Waals surface area contributed by atoms with Crippen molar-refractivity contribution >= 4 is 5.91 Å². The molecule has 22 heavy (non-hydrogen) atoms. The van der Waals surface area contributed by atoms with Crippen molar-refractivity contribution in [3.8, 4) is 5.75 Å². The van der Waals surface area contributed by atoms with Gasteiger partial charge in [-0.2, -0.15) is 8.78 Å². The van der Waals surface area contributed by atoms with E-state index >= 15 is 0 Å². The van der Waals surface area contributed by atoms with E-state index in [9.17, 15) is 27.5 Å². The van der Waals surface area contributed by atoms with Gasteiger partial charge in [0.2, 0.25) is 0 Å². The van der Waals surface area contributed by atoms with Crippen LogP contribution in [0.3, 0.4) is 0 Å². The highest BCUT2D eigenvalue weighted by Crippen LogP contribution is 2.22. The van der Waals surface area contributed by atoms with E-state index in [0.717, 1.165) is 0 Å². The van der Waals surface area contributed by atoms with Crippen LogP contribution in [0.25, 0.3) is 0 Å². The zero-order chi connectivity index (χ0) is 16.9. The zero-order valence-electron chi connectivity index (χ0n) is 12.1. The highest BCUT2D eigenvalue weighted by atomic mass is 19.3. The Hall–Kier alpha value is -1.83. The lowest BCUT2D eigenvalue weighted by molar-refractivity contribution is -0.0501. The molecule has 1 atom stereocenters. The highest BCUT2D eigenvalue weighted by molar-refractivity contribution is 5.94. The minimum absolute atomic E-state index is 0.175. The van der Waals surface area contributed by atoms with Crippen molar-refractivity contribution in [2.75, 3.05) is 6.54 Å². The average molecular weight is 323 g/mol. The van der Waals surface area contributed by atoms with Gasteiger partial charge in [-0.1, -0.05) is 13.8 Å². The molecular weight excluding hydrogens is 306 g/mol. The molecule has 0 saturated carbocycles. The second-order valence-electron chi connectivity index (χ2n) is 5.13. The lowest BCUT2D eigenvalue weighted by atomic mass is 10.1. The molecule has 0 aliphatic carbocycles. The molecule has 2 N–H and O–H groups in total. The number of hydrogen-bond acceptors (Lipinski definition) is 3. The fourth-order valence-electron chi connectivity index (χ4n) is 1.86. The third-order valence-corrected chi connectivity index (χ3v) is 2.71. The first-order valence-electron chi connectivity index (χ1n) is 6.60. The summed E-state index contributed by atoms with van der Waals surface area (Å²) < 4.78 is 55.1. The first kappa shape index (κ1) is 18.2. The topological polar surface area (TPSA) is 58.6 Å². The minimum atomic E-state index is -3.23. The first-order chi connectivity index (χ1) is 10.2. The second kappa shape index (κ2) is 7.98. The van der Waals surface area contributed by atoms with E-state index in [-0.39, 0.29) is 12.5 Å². The summed E-state index contributed by atoms with van der Waals surface area (Å²) in [5, 5.41) is 11.8. The fourth-order valence-corrected chi connectivity index (χ4v) is 1.86. The van der Waals surface area contributed by atoms with Gasteiger partial charge in [0.15, 0.2) is 0 Å². The molecule has 0 aliphatic rings. The van der Waals surface area contributed by atoms with Crippen LogP contribution in [0.2, 0.25) is 0 Å². The van der Waals surface area contributed by atoms with Crippen LogP contribution in [0.15, 0.2) is 12.1 Å². The molecule has 0 saturated heterocycles. The van der Waals surface area contributed by atoms with Gasteiger partial charge in [-0.05, 0) is 12.3 Å². The van der Waals surface area contributed by atoms with Crippen LogP contribution in [0.4, 0.5) is 17.6 Å². The van der Waals surface area contributed by atoms with E-state index in [1.54, 1.807) is 0 Å². The largest absolute Gasteiger partial charge is 0.435 e. The Labute approximate surface area is 125 Å². The lowest BCUT2D eigenvalue weighted by Gasteiger charge is -2.14. The summed E-state index contributed by atoms with van der Waals surface area (Å²) in [4.78, 5) is 11.7. The molecule has 1 unspecified atom stereocenters. The monoisotopic (exact) mass is 323 g/mol. The summed E-state index contributed by atoms with van der Waals surface area (Å²) in [6.45, 7) is 0.327. The SMILES string of the molecule is CC(C)CC(O)CNC(=O)c1c(F)cc(OC(F)F)cc1F. The number of amides is 1. The molecule has 1 aromatic carbocycles. The molecule has 0 radical (unpaired) electrons. The van der Waals surface area contributed by atoms with Crippen LogP contribution < -0.4 is 10.1 Å². The number of carbonyl (C=O) groups excluding carboxylic acids is 1. The van der Waals surface area contributed by atoms with Crippen molar-refractivity contribution < 1.29 is 32.2 Å². The molecule has 1 rings (SSSR count). The molecule has 0 spiro atoms. The molecule has 124 valence electrons. The van der Waals surface area contributed by atoms with Gasteiger partial charge < -0.3 is 15.2 Å². The number of carbonyl (C=O) groups is 1. The van der Waals surface area contributed by atoms with E-state index in [1.165, 1.54) is 0 Å². The summed E-state index contributed by atoms with van der Waals surface area (Å²) in [5.41, 5.74) is -0.918. The van der Waals surface area contributed by atoms with Crippen molar-refractivity contribution in [1.82, 2.24) is 5.32 Å². The van der Waals surface area contributed by atoms with Crippen LogP contribution >= 0.6 is 0 Å². The second-order valence-corrected chi connectivity index (χ2v) is 5.13. The lowest BCUT2D eigenvalue weighted by Crippen LogP contribution is -2.33. The molecule has 4 nitrogen and oxygen atoms in total. The van der Waals surface area contributed by atoms with Gasteiger partial charge in [0, 0.05) is 18.7 Å². The summed E-state index contributed by atoms with van der Waals surface area (Å²) >= 11 is 0. The molecule has 0 aliphatic heterocycles. The quantitative estimate of drug-likeness (QED) is 0.759. The fraction of sp³-hybridized carbons (Fsp3) is 0.500. The van der Waals surface area contributed by atoms with Gasteiger partial charge in [0.05, 0.1) is 6.10 Å². The number of aliphatic hydroxyl groups excluding tert-OH is 1. The number of halogens is 4. The van der Waals surface area contributed by atoms with Gasteiger partial charge >= 0.3 is 6.61 Å². The Morgan fingerprint density at radius 1 is 1.27 bits per heavy atom. The summed E-state index contributed by atoms with van der Waals surface area (Å²) in [7, 11) is 0. The predicted octanol–water partition coefficient (Wildman–Crippen LogP) is 2.70. The number of alkyl halides is 2. The summed E-state index contributed by atoms with van der Waals surface area (Å²) in [6, 6.07) is 0.989. The van der Waals surface area contributed by atoms with Crippen LogP contribution in [0.1, 0.15) is 30.6 Å². The van der Waals surface area contributed by atoms with Crippen molar-refractivity contribution in [1.29, 1.82) is 0 Å². The molecule has 0 aromatic heterocycles. The number of rotatable bonds is 7. The number of benzene rings is 1. The van der Waals surface area contributed by atoms with Crippen LogP contribution in [0.5, 0.6) is 5.75 Å². The molecule has 8 heteroatoms. The van der Waals surface area contributed by atoms with Crippen LogP contribution in [-0.4, -0.2) is 30.3 Å². The average Bonchev–Trinajstić information content (AvgIpc) is 2.33. The number of ether oxygens (including phenoxy) is 1. The van der Waals surface area contributed by atoms with Crippen molar-refractivity contribution in [2.24, 2.45) is 5.92 Å². The van der Waals surface area contributed by atoms with Crippen LogP contribution in [0, 0.1) is 17.6 Å². The first-order valence-corrected chi connectivity index (χ1v) is 6.60. The molecule has 1 amide bonds. The van der Waals surface area contributed by atoms with E-state index in [1.807, 2.05) is 13.8 Å². The number of nitrogens with one attached hydrogen (secondary N) is 1. The Morgan fingerprint density at radius 3 is 2.27 bits per heavy atom. The Balaban J connectivity index is 2.77. The maximum atomic E-state index is 13.7. The van der Waals surface area contributed by atoms with Crippen molar-refractivity contribution in [3.05, 3.63) is 29.3 Å². The van der Waals surface area contributed by atoms with E-state index in [0.29, 0.717) is 18.6 Å². The Kier molecular flexibility index (Phi) is 6.61. The molecular formula is C14H17F4NO3. The maximum absolute atomic E-state index is 13.7. The Bertz CT molecular complexity index is 500. The van der Waals surface area contributed by atoms with E-state index < -0.39 is 41.6 Å². The number of hydrogen-bond donors (Lipinski definition) is 2. The normalized spacial score (nSPS) is 12.6. The van der Waals surface area contributed by atoms with Crippen molar-refractivity contribution in [2.45, 2.75) is 33.0 Å². The molecule has 0 bridgehead atoms. The van der Waals surface area contributed by atoms with Crippen LogP contribution in [-0.2, 0) is 0 Å². The minimum Gasteiger partial charge on any atom is -0.435 e. The maximum Gasteiger partial charge on any atom is 0.387 e. The highest BCUT2D eigenvalue weighted by Gasteiger charge is 2.21. The Morgan fingerprint density at radius 2 is 1.82 bits per heavy atom. The van der Waals surface area contributed by atoms with Gasteiger partial charge in [0.1, 0.15) is 22.9 Å².